The van der Waals surface area contributed by atoms with Crippen molar-refractivity contribution in [2.45, 2.75) is 48.3 Å². The van der Waals surface area contributed by atoms with E-state index in [4.69, 9.17) is 5.26 Å². The number of nitriles is 1. The van der Waals surface area contributed by atoms with Gasteiger partial charge in [0.05, 0.1) is 24.3 Å². The minimum absolute atomic E-state index is 0.197. The number of hydrogen-bond acceptors (Lipinski definition) is 5. The molecule has 1 aliphatic rings. The summed E-state index contributed by atoms with van der Waals surface area (Å²) >= 11 is 1.68. The fourth-order valence-electron chi connectivity index (χ4n) is 5.17. The molecule has 1 fully saturated rings. The largest absolute Gasteiger partial charge is 0.347 e. The van der Waals surface area contributed by atoms with Gasteiger partial charge in [-0.1, -0.05) is 36.4 Å². The number of rotatable bonds is 9. The molecule has 0 unspecified atom stereocenters. The SMILES string of the molecule is N#CCNC(=O)[C@@H]1CC(F)(F)CC[C@H]1c1ccccc1-c1ccc(SCc2nccn2Cc2ncc[nH]2)cc1. The van der Waals surface area contributed by atoms with Crippen LogP contribution in [0.25, 0.3) is 11.1 Å². The first-order valence-corrected chi connectivity index (χ1v) is 13.7. The third kappa shape index (κ3) is 6.37. The van der Waals surface area contributed by atoms with Gasteiger partial charge in [0.15, 0.2) is 0 Å². The summed E-state index contributed by atoms with van der Waals surface area (Å²) in [5.74, 6) is -2.14. The third-order valence-electron chi connectivity index (χ3n) is 7.07. The highest BCUT2D eigenvalue weighted by Gasteiger charge is 2.45. The van der Waals surface area contributed by atoms with Gasteiger partial charge in [-0.3, -0.25) is 4.79 Å². The molecule has 0 bridgehead atoms. The van der Waals surface area contributed by atoms with Crippen LogP contribution in [0.1, 0.15) is 42.4 Å². The zero-order valence-corrected chi connectivity index (χ0v) is 22.0. The molecular weight excluding hydrogens is 518 g/mol. The van der Waals surface area contributed by atoms with Crippen molar-refractivity contribution in [2.75, 3.05) is 6.54 Å². The molecule has 2 aromatic heterocycles. The number of hydrogen-bond donors (Lipinski definition) is 2. The van der Waals surface area contributed by atoms with Gasteiger partial charge in [-0.2, -0.15) is 5.26 Å². The summed E-state index contributed by atoms with van der Waals surface area (Å²) in [6.45, 7) is 0.429. The molecule has 0 radical (unpaired) electrons. The van der Waals surface area contributed by atoms with Gasteiger partial charge in [0.2, 0.25) is 11.8 Å². The number of halogens is 2. The lowest BCUT2D eigenvalue weighted by atomic mass is 9.72. The minimum Gasteiger partial charge on any atom is -0.347 e. The zero-order valence-electron chi connectivity index (χ0n) is 21.2. The van der Waals surface area contributed by atoms with E-state index < -0.39 is 24.2 Å². The van der Waals surface area contributed by atoms with Crippen molar-refractivity contribution in [3.05, 3.63) is 90.5 Å². The fraction of sp³-hybridized carbons (Fsp3) is 0.310. The lowest BCUT2D eigenvalue weighted by Crippen LogP contribution is -2.41. The second-order valence-electron chi connectivity index (χ2n) is 9.60. The van der Waals surface area contributed by atoms with Crippen molar-refractivity contribution in [2.24, 2.45) is 5.92 Å². The van der Waals surface area contributed by atoms with Crippen LogP contribution in [0.3, 0.4) is 0 Å². The number of H-pyrrole nitrogens is 1. The average molecular weight is 547 g/mol. The van der Waals surface area contributed by atoms with E-state index in [9.17, 15) is 13.6 Å². The number of aromatic amines is 1. The molecule has 2 aromatic carbocycles. The molecule has 10 heteroatoms. The maximum atomic E-state index is 14.3. The molecule has 2 atom stereocenters. The van der Waals surface area contributed by atoms with E-state index in [1.54, 1.807) is 30.4 Å². The second-order valence-corrected chi connectivity index (χ2v) is 10.6. The van der Waals surface area contributed by atoms with Crippen molar-refractivity contribution in [1.29, 1.82) is 5.26 Å². The first kappa shape index (κ1) is 26.6. The lowest BCUT2D eigenvalue weighted by Gasteiger charge is -2.36. The summed E-state index contributed by atoms with van der Waals surface area (Å²) in [5, 5.41) is 11.3. The van der Waals surface area contributed by atoms with Gasteiger partial charge in [0, 0.05) is 42.5 Å². The van der Waals surface area contributed by atoms with E-state index >= 15 is 0 Å². The maximum Gasteiger partial charge on any atom is 0.249 e. The van der Waals surface area contributed by atoms with E-state index in [0.29, 0.717) is 12.3 Å². The number of amides is 1. The van der Waals surface area contributed by atoms with Crippen molar-refractivity contribution >= 4 is 17.7 Å². The summed E-state index contributed by atoms with van der Waals surface area (Å²) < 4.78 is 30.7. The van der Waals surface area contributed by atoms with Crippen LogP contribution in [0.4, 0.5) is 8.78 Å². The number of carbonyl (C=O) groups is 1. The molecule has 0 spiro atoms. The van der Waals surface area contributed by atoms with E-state index in [-0.39, 0.29) is 25.3 Å². The van der Waals surface area contributed by atoms with Gasteiger partial charge < -0.3 is 14.9 Å². The Bertz CT molecular complexity index is 1450. The molecule has 1 amide bonds. The molecule has 0 saturated heterocycles. The van der Waals surface area contributed by atoms with Gasteiger partial charge >= 0.3 is 0 Å². The monoisotopic (exact) mass is 546 g/mol. The van der Waals surface area contributed by atoms with Crippen molar-refractivity contribution < 1.29 is 13.6 Å². The van der Waals surface area contributed by atoms with E-state index in [1.165, 1.54) is 0 Å². The van der Waals surface area contributed by atoms with Crippen LogP contribution >= 0.6 is 11.8 Å². The van der Waals surface area contributed by atoms with Gasteiger partial charge in [-0.05, 0) is 41.2 Å². The van der Waals surface area contributed by atoms with Gasteiger partial charge in [-0.15, -0.1) is 11.8 Å². The summed E-state index contributed by atoms with van der Waals surface area (Å²) in [5.41, 5.74) is 2.77. The Morgan fingerprint density at radius 2 is 2.00 bits per heavy atom. The number of nitrogens with zero attached hydrogens (tertiary/aromatic N) is 4. The average Bonchev–Trinajstić information content (AvgIpc) is 3.63. The molecular formula is C29H28F2N6OS. The predicted octanol–water partition coefficient (Wildman–Crippen LogP) is 5.77. The first-order chi connectivity index (χ1) is 18.9. The number of aromatic nitrogens is 4. The Labute approximate surface area is 229 Å². The van der Waals surface area contributed by atoms with Gasteiger partial charge in [0.1, 0.15) is 18.2 Å². The van der Waals surface area contributed by atoms with Gasteiger partial charge in [-0.25, -0.2) is 18.7 Å². The number of benzene rings is 2. The number of carbonyl (C=O) groups excluding carboxylic acids is 1. The molecule has 5 rings (SSSR count). The molecule has 7 nitrogen and oxygen atoms in total. The standard InChI is InChI=1S/C29H28F2N6OS/c30-29(31)10-9-24(25(17-29)28(38)36-12-11-32)23-4-2-1-3-22(23)20-5-7-21(8-6-20)39-19-27-35-15-16-37(27)18-26-33-13-14-34-26/h1-8,13-16,24-25H,9-10,12,17-19H2,(H,33,34)(H,36,38)/t24-,25+/m0/s1. The normalized spacial score (nSPS) is 18.4. The highest BCUT2D eigenvalue weighted by molar-refractivity contribution is 7.98. The Balaban J connectivity index is 1.32. The molecule has 39 heavy (non-hydrogen) atoms. The van der Waals surface area contributed by atoms with Crippen LogP contribution in [-0.4, -0.2) is 37.9 Å². The van der Waals surface area contributed by atoms with Crippen molar-refractivity contribution in [1.82, 2.24) is 24.8 Å². The fourth-order valence-corrected chi connectivity index (χ4v) is 6.04. The quantitative estimate of drug-likeness (QED) is 0.205. The minimum atomic E-state index is -2.90. The number of alkyl halides is 2. The number of thioether (sulfide) groups is 1. The molecule has 1 aliphatic carbocycles. The van der Waals surface area contributed by atoms with Crippen LogP contribution in [-0.2, 0) is 17.1 Å². The first-order valence-electron chi connectivity index (χ1n) is 12.8. The van der Waals surface area contributed by atoms with Crippen molar-refractivity contribution in [3.8, 4) is 17.2 Å². The molecule has 0 aliphatic heterocycles. The summed E-state index contributed by atoms with van der Waals surface area (Å²) in [7, 11) is 0. The number of imidazole rings is 2. The Kier molecular flexibility index (Phi) is 8.07. The topological polar surface area (TPSA) is 99.4 Å². The van der Waals surface area contributed by atoms with Crippen LogP contribution in [0.15, 0.2) is 78.2 Å². The molecule has 2 heterocycles. The maximum absolute atomic E-state index is 14.3. The van der Waals surface area contributed by atoms with E-state index in [1.807, 2.05) is 60.8 Å². The molecule has 200 valence electrons. The molecule has 1 saturated carbocycles. The molecule has 4 aromatic rings. The number of nitrogens with one attached hydrogen (secondary N) is 2. The Hall–Kier alpha value is -3.97. The van der Waals surface area contributed by atoms with Crippen LogP contribution in [0.5, 0.6) is 0 Å². The summed E-state index contributed by atoms with van der Waals surface area (Å²) in [6, 6.07) is 17.7. The zero-order chi connectivity index (χ0) is 27.2. The van der Waals surface area contributed by atoms with Crippen molar-refractivity contribution in [3.63, 3.8) is 0 Å². The highest BCUT2D eigenvalue weighted by atomic mass is 32.2. The summed E-state index contributed by atoms with van der Waals surface area (Å²) in [4.78, 5) is 25.7. The van der Waals surface area contributed by atoms with Crippen LogP contribution < -0.4 is 5.32 Å². The van der Waals surface area contributed by atoms with E-state index in [2.05, 4.69) is 24.8 Å². The van der Waals surface area contributed by atoms with Gasteiger partial charge in [0.25, 0.3) is 0 Å². The van der Waals surface area contributed by atoms with Crippen LogP contribution in [0, 0.1) is 17.2 Å². The highest BCUT2D eigenvalue weighted by Crippen LogP contribution is 2.47. The summed E-state index contributed by atoms with van der Waals surface area (Å²) in [6.07, 6.45) is 6.67. The molecule has 2 N–H and O–H groups in total. The van der Waals surface area contributed by atoms with E-state index in [0.717, 1.165) is 33.2 Å². The Morgan fingerprint density at radius 1 is 1.18 bits per heavy atom. The lowest BCUT2D eigenvalue weighted by molar-refractivity contribution is -0.133. The predicted molar refractivity (Wildman–Crippen MR) is 145 cm³/mol. The smallest absolute Gasteiger partial charge is 0.249 e. The van der Waals surface area contributed by atoms with Crippen LogP contribution in [0.2, 0.25) is 0 Å². The Morgan fingerprint density at radius 3 is 2.77 bits per heavy atom. The second kappa shape index (κ2) is 11.8. The third-order valence-corrected chi connectivity index (χ3v) is 8.08.